The van der Waals surface area contributed by atoms with Gasteiger partial charge in [-0.05, 0) is 18.2 Å². The number of hydrogen-bond donors (Lipinski definition) is 0. The minimum Gasteiger partial charge on any atom is -0.310 e. The van der Waals surface area contributed by atoms with Gasteiger partial charge in [-0.1, -0.05) is 28.4 Å². The third kappa shape index (κ3) is 2.09. The second kappa shape index (κ2) is 5.30. The fourth-order valence-electron chi connectivity index (χ4n) is 3.42. The maximum atomic E-state index is 12.7. The molecular formula is C16H11Cl2N7O2. The molecule has 1 aliphatic heterocycles. The van der Waals surface area contributed by atoms with E-state index in [0.717, 1.165) is 4.57 Å². The number of fused-ring (bicyclic) bond motifs is 5. The minimum absolute atomic E-state index is 0.320. The maximum Gasteiger partial charge on any atom is 0.332 e. The van der Waals surface area contributed by atoms with Crippen molar-refractivity contribution in [3.05, 3.63) is 54.8 Å². The van der Waals surface area contributed by atoms with E-state index in [-0.39, 0.29) is 0 Å². The molecule has 0 bridgehead atoms. The van der Waals surface area contributed by atoms with E-state index < -0.39 is 11.2 Å². The molecule has 0 fully saturated rings. The third-order valence-corrected chi connectivity index (χ3v) is 5.14. The molecule has 5 rings (SSSR count). The standard InChI is InChI=1S/C16H11Cl2N7O2/c1-22-13-12(15(26)23(2)16(22)27)24-6-10-11(14(24)19-13)25(21-20-10)9-4-7(17)3-8(18)5-9/h3-5H,6H2,1-2H3. The van der Waals surface area contributed by atoms with Crippen molar-refractivity contribution in [2.75, 3.05) is 0 Å². The number of halogens is 2. The van der Waals surface area contributed by atoms with E-state index in [1.54, 1.807) is 34.5 Å². The van der Waals surface area contributed by atoms with Crippen LogP contribution in [-0.4, -0.2) is 33.7 Å². The summed E-state index contributed by atoms with van der Waals surface area (Å²) in [4.78, 5) is 29.4. The van der Waals surface area contributed by atoms with Crippen molar-refractivity contribution < 1.29 is 0 Å². The Labute approximate surface area is 161 Å². The normalized spacial score (nSPS) is 12.6. The Bertz CT molecular complexity index is 1370. The SMILES string of the molecule is Cn1c(=O)c2c(nc3n2Cc2nnn(-c4cc(Cl)cc(Cl)c4)c2-3)n(C)c1=O. The minimum atomic E-state index is -0.433. The smallest absolute Gasteiger partial charge is 0.310 e. The van der Waals surface area contributed by atoms with Crippen LogP contribution in [0.15, 0.2) is 27.8 Å². The Morgan fingerprint density at radius 2 is 1.74 bits per heavy atom. The fourth-order valence-corrected chi connectivity index (χ4v) is 3.93. The molecule has 0 saturated heterocycles. The Morgan fingerprint density at radius 3 is 2.44 bits per heavy atom. The molecule has 136 valence electrons. The molecule has 4 aromatic rings. The molecule has 0 spiro atoms. The molecule has 9 nitrogen and oxygen atoms in total. The fraction of sp³-hybridized carbons (Fsp3) is 0.188. The highest BCUT2D eigenvalue weighted by Crippen LogP contribution is 2.34. The lowest BCUT2D eigenvalue weighted by atomic mass is 10.3. The average molecular weight is 404 g/mol. The Hall–Kier alpha value is -2.91. The van der Waals surface area contributed by atoms with Crippen LogP contribution in [0.25, 0.3) is 28.4 Å². The predicted molar refractivity (Wildman–Crippen MR) is 99.7 cm³/mol. The number of aryl methyl sites for hydroxylation is 1. The molecule has 0 atom stereocenters. The van der Waals surface area contributed by atoms with Crippen LogP contribution < -0.4 is 11.2 Å². The molecule has 3 aromatic heterocycles. The molecule has 0 saturated carbocycles. The van der Waals surface area contributed by atoms with Gasteiger partial charge in [0, 0.05) is 24.1 Å². The van der Waals surface area contributed by atoms with E-state index in [1.807, 2.05) is 0 Å². The maximum absolute atomic E-state index is 12.7. The van der Waals surface area contributed by atoms with Gasteiger partial charge in [-0.3, -0.25) is 13.9 Å². The van der Waals surface area contributed by atoms with Crippen LogP contribution in [-0.2, 0) is 20.6 Å². The lowest BCUT2D eigenvalue weighted by Crippen LogP contribution is -2.37. The second-order valence-electron chi connectivity index (χ2n) is 6.32. The van der Waals surface area contributed by atoms with Gasteiger partial charge in [0.2, 0.25) is 0 Å². The molecule has 0 aliphatic carbocycles. The molecule has 27 heavy (non-hydrogen) atoms. The van der Waals surface area contributed by atoms with Crippen molar-refractivity contribution >= 4 is 34.4 Å². The van der Waals surface area contributed by atoms with Gasteiger partial charge in [0.05, 0.1) is 12.2 Å². The predicted octanol–water partition coefficient (Wildman–Crippen LogP) is 1.35. The van der Waals surface area contributed by atoms with Crippen LogP contribution in [0.4, 0.5) is 0 Å². The van der Waals surface area contributed by atoms with Gasteiger partial charge in [0.15, 0.2) is 17.0 Å². The third-order valence-electron chi connectivity index (χ3n) is 4.70. The molecule has 0 N–H and O–H groups in total. The molecular weight excluding hydrogens is 393 g/mol. The van der Waals surface area contributed by atoms with E-state index in [4.69, 9.17) is 23.2 Å². The van der Waals surface area contributed by atoms with Gasteiger partial charge in [0.25, 0.3) is 5.56 Å². The van der Waals surface area contributed by atoms with Crippen molar-refractivity contribution in [1.29, 1.82) is 0 Å². The Balaban J connectivity index is 1.84. The molecule has 0 unspecified atom stereocenters. The summed E-state index contributed by atoms with van der Waals surface area (Å²) in [5, 5.41) is 9.32. The largest absolute Gasteiger partial charge is 0.332 e. The molecule has 0 amide bonds. The zero-order chi connectivity index (χ0) is 19.0. The molecule has 0 radical (unpaired) electrons. The van der Waals surface area contributed by atoms with E-state index >= 15 is 0 Å². The van der Waals surface area contributed by atoms with E-state index in [0.29, 0.717) is 50.7 Å². The van der Waals surface area contributed by atoms with E-state index in [9.17, 15) is 9.59 Å². The number of hydrogen-bond acceptors (Lipinski definition) is 5. The first kappa shape index (κ1) is 16.3. The number of aromatic nitrogens is 7. The zero-order valence-corrected chi connectivity index (χ0v) is 15.7. The van der Waals surface area contributed by atoms with Crippen LogP contribution in [0.5, 0.6) is 0 Å². The summed E-state index contributed by atoms with van der Waals surface area (Å²) in [6, 6.07) is 5.05. The van der Waals surface area contributed by atoms with E-state index in [2.05, 4.69) is 15.3 Å². The zero-order valence-electron chi connectivity index (χ0n) is 14.1. The summed E-state index contributed by atoms with van der Waals surface area (Å²) in [6.45, 7) is 0.336. The first-order valence-electron chi connectivity index (χ1n) is 7.94. The number of nitrogens with zero attached hydrogens (tertiary/aromatic N) is 7. The summed E-state index contributed by atoms with van der Waals surface area (Å²) < 4.78 is 5.75. The topological polar surface area (TPSA) is 92.5 Å². The molecule has 11 heteroatoms. The van der Waals surface area contributed by atoms with Crippen molar-refractivity contribution in [2.45, 2.75) is 6.54 Å². The van der Waals surface area contributed by atoms with Crippen LogP contribution in [0.1, 0.15) is 5.69 Å². The summed E-state index contributed by atoms with van der Waals surface area (Å²) >= 11 is 12.2. The summed E-state index contributed by atoms with van der Waals surface area (Å²) in [5.74, 6) is 0.513. The lowest BCUT2D eigenvalue weighted by Gasteiger charge is -2.05. The van der Waals surface area contributed by atoms with Crippen LogP contribution in [0.2, 0.25) is 10.0 Å². The van der Waals surface area contributed by atoms with Gasteiger partial charge in [0.1, 0.15) is 11.4 Å². The number of imidazole rings is 1. The van der Waals surface area contributed by atoms with Crippen LogP contribution in [0.3, 0.4) is 0 Å². The Kier molecular flexibility index (Phi) is 3.20. The quantitative estimate of drug-likeness (QED) is 0.421. The van der Waals surface area contributed by atoms with Crippen molar-refractivity contribution in [2.24, 2.45) is 14.1 Å². The second-order valence-corrected chi connectivity index (χ2v) is 7.20. The highest BCUT2D eigenvalue weighted by atomic mass is 35.5. The van der Waals surface area contributed by atoms with Crippen LogP contribution >= 0.6 is 23.2 Å². The van der Waals surface area contributed by atoms with Gasteiger partial charge >= 0.3 is 5.69 Å². The molecule has 1 aliphatic rings. The van der Waals surface area contributed by atoms with Crippen LogP contribution in [0, 0.1) is 0 Å². The first-order valence-corrected chi connectivity index (χ1v) is 8.70. The van der Waals surface area contributed by atoms with Gasteiger partial charge in [-0.25, -0.2) is 14.5 Å². The van der Waals surface area contributed by atoms with Crippen molar-refractivity contribution in [1.82, 2.24) is 33.7 Å². The summed E-state index contributed by atoms with van der Waals surface area (Å²) in [7, 11) is 3.03. The van der Waals surface area contributed by atoms with E-state index in [1.165, 1.54) is 11.6 Å². The molecule has 1 aromatic carbocycles. The molecule has 4 heterocycles. The van der Waals surface area contributed by atoms with Gasteiger partial charge < -0.3 is 4.57 Å². The highest BCUT2D eigenvalue weighted by molar-refractivity contribution is 6.34. The van der Waals surface area contributed by atoms with Gasteiger partial charge in [-0.15, -0.1) is 5.10 Å². The number of rotatable bonds is 1. The summed E-state index contributed by atoms with van der Waals surface area (Å²) in [5.41, 5.74) is 1.78. The Morgan fingerprint density at radius 1 is 1.04 bits per heavy atom. The first-order chi connectivity index (χ1) is 12.9. The van der Waals surface area contributed by atoms with Crippen molar-refractivity contribution in [3.63, 3.8) is 0 Å². The highest BCUT2D eigenvalue weighted by Gasteiger charge is 2.32. The lowest BCUT2D eigenvalue weighted by molar-refractivity contribution is 0.701. The van der Waals surface area contributed by atoms with Gasteiger partial charge in [-0.2, -0.15) is 0 Å². The average Bonchev–Trinajstić information content (AvgIpc) is 3.26. The summed E-state index contributed by atoms with van der Waals surface area (Å²) in [6.07, 6.45) is 0. The number of benzene rings is 1. The van der Waals surface area contributed by atoms with Crippen molar-refractivity contribution in [3.8, 4) is 17.2 Å². The monoisotopic (exact) mass is 403 g/mol.